The molecular weight excluding hydrogens is 240 g/mol. The minimum Gasteiger partial charge on any atom is -0.447 e. The second kappa shape index (κ2) is 4.80. The van der Waals surface area contributed by atoms with Crippen LogP contribution in [-0.2, 0) is 16.6 Å². The molecule has 0 spiro atoms. The van der Waals surface area contributed by atoms with Crippen LogP contribution in [0.5, 0.6) is 0 Å². The molecular formula is C11H18N2O3S. The minimum absolute atomic E-state index is 0.171. The first-order chi connectivity index (χ1) is 8.00. The molecule has 2 atom stereocenters. The highest BCUT2D eigenvalue weighted by molar-refractivity contribution is 7.89. The molecule has 1 saturated carbocycles. The van der Waals surface area contributed by atoms with Gasteiger partial charge in [-0.2, -0.15) is 0 Å². The van der Waals surface area contributed by atoms with E-state index >= 15 is 0 Å². The predicted molar refractivity (Wildman–Crippen MR) is 63.7 cm³/mol. The standard InChI is InChI=1S/C11H18N2O3S/c1-2-3-8-6-10(8)13-7-9-4-5-11(16-9)17(12,14)15/h4-5,8,10,13H,2-3,6-7H2,1H3,(H2,12,14,15). The summed E-state index contributed by atoms with van der Waals surface area (Å²) in [6, 6.07) is 3.59. The number of rotatable bonds is 6. The lowest BCUT2D eigenvalue weighted by molar-refractivity contribution is 0.399. The van der Waals surface area contributed by atoms with Gasteiger partial charge in [-0.15, -0.1) is 0 Å². The van der Waals surface area contributed by atoms with Gasteiger partial charge in [0, 0.05) is 6.04 Å². The van der Waals surface area contributed by atoms with E-state index in [1.807, 2.05) is 0 Å². The fourth-order valence-corrected chi connectivity index (χ4v) is 2.51. The van der Waals surface area contributed by atoms with Crippen molar-refractivity contribution in [2.24, 2.45) is 11.1 Å². The number of hydrogen-bond donors (Lipinski definition) is 2. The van der Waals surface area contributed by atoms with Gasteiger partial charge in [0.15, 0.2) is 0 Å². The molecule has 17 heavy (non-hydrogen) atoms. The summed E-state index contributed by atoms with van der Waals surface area (Å²) in [4.78, 5) is 0. The summed E-state index contributed by atoms with van der Waals surface area (Å²) >= 11 is 0. The van der Waals surface area contributed by atoms with Gasteiger partial charge in [-0.05, 0) is 30.9 Å². The van der Waals surface area contributed by atoms with Crippen molar-refractivity contribution in [2.75, 3.05) is 0 Å². The summed E-state index contributed by atoms with van der Waals surface area (Å²) in [6.07, 6.45) is 3.66. The first-order valence-corrected chi connectivity index (χ1v) is 7.40. The first-order valence-electron chi connectivity index (χ1n) is 5.85. The molecule has 3 N–H and O–H groups in total. The Bertz CT molecular complexity index is 481. The van der Waals surface area contributed by atoms with Gasteiger partial charge < -0.3 is 9.73 Å². The Morgan fingerprint density at radius 2 is 2.29 bits per heavy atom. The van der Waals surface area contributed by atoms with Crippen molar-refractivity contribution in [2.45, 2.75) is 43.9 Å². The zero-order valence-corrected chi connectivity index (χ0v) is 10.7. The van der Waals surface area contributed by atoms with Crippen LogP contribution < -0.4 is 10.5 Å². The molecule has 0 aliphatic heterocycles. The Morgan fingerprint density at radius 3 is 2.88 bits per heavy atom. The highest BCUT2D eigenvalue weighted by Crippen LogP contribution is 2.34. The molecule has 0 bridgehead atoms. The van der Waals surface area contributed by atoms with E-state index in [2.05, 4.69) is 12.2 Å². The van der Waals surface area contributed by atoms with Crippen molar-refractivity contribution in [1.29, 1.82) is 0 Å². The number of sulfonamides is 1. The smallest absolute Gasteiger partial charge is 0.271 e. The van der Waals surface area contributed by atoms with Crippen molar-refractivity contribution in [3.8, 4) is 0 Å². The van der Waals surface area contributed by atoms with Crippen LogP contribution in [0.2, 0.25) is 0 Å². The molecule has 1 heterocycles. The van der Waals surface area contributed by atoms with Gasteiger partial charge in [-0.25, -0.2) is 13.6 Å². The summed E-state index contributed by atoms with van der Waals surface area (Å²) in [7, 11) is -3.72. The van der Waals surface area contributed by atoms with Gasteiger partial charge in [0.2, 0.25) is 5.09 Å². The van der Waals surface area contributed by atoms with Crippen LogP contribution in [0.15, 0.2) is 21.6 Å². The zero-order chi connectivity index (χ0) is 12.5. The van der Waals surface area contributed by atoms with E-state index in [4.69, 9.17) is 9.56 Å². The molecule has 1 aromatic rings. The topological polar surface area (TPSA) is 85.3 Å². The van der Waals surface area contributed by atoms with Crippen LogP contribution in [-0.4, -0.2) is 14.5 Å². The third-order valence-electron chi connectivity index (χ3n) is 3.04. The lowest BCUT2D eigenvalue weighted by atomic mass is 10.2. The number of furan rings is 1. The molecule has 0 aromatic carbocycles. The summed E-state index contributed by atoms with van der Waals surface area (Å²) in [5, 5.41) is 8.13. The average molecular weight is 258 g/mol. The second-order valence-corrected chi connectivity index (χ2v) is 6.03. The van der Waals surface area contributed by atoms with Crippen LogP contribution in [0.4, 0.5) is 0 Å². The summed E-state index contributed by atoms with van der Waals surface area (Å²) in [5.41, 5.74) is 0. The van der Waals surface area contributed by atoms with E-state index < -0.39 is 10.0 Å². The molecule has 1 fully saturated rings. The van der Waals surface area contributed by atoms with E-state index in [9.17, 15) is 8.42 Å². The third-order valence-corrected chi connectivity index (χ3v) is 3.82. The number of primary sulfonamides is 1. The van der Waals surface area contributed by atoms with Crippen molar-refractivity contribution in [3.63, 3.8) is 0 Å². The molecule has 5 nitrogen and oxygen atoms in total. The maximum atomic E-state index is 11.0. The van der Waals surface area contributed by atoms with Gasteiger partial charge in [0.25, 0.3) is 10.0 Å². The Labute approximate surface area is 101 Å². The van der Waals surface area contributed by atoms with Gasteiger partial charge in [0.1, 0.15) is 5.76 Å². The molecule has 2 unspecified atom stereocenters. The van der Waals surface area contributed by atoms with Crippen molar-refractivity contribution < 1.29 is 12.8 Å². The van der Waals surface area contributed by atoms with Crippen LogP contribution in [0.1, 0.15) is 31.9 Å². The Morgan fingerprint density at radius 1 is 1.53 bits per heavy atom. The van der Waals surface area contributed by atoms with Crippen molar-refractivity contribution in [3.05, 3.63) is 17.9 Å². The van der Waals surface area contributed by atoms with E-state index in [1.54, 1.807) is 6.07 Å². The van der Waals surface area contributed by atoms with E-state index in [0.29, 0.717) is 18.3 Å². The number of nitrogens with one attached hydrogen (secondary N) is 1. The predicted octanol–water partition coefficient (Wildman–Crippen LogP) is 1.21. The Balaban J connectivity index is 1.83. The SMILES string of the molecule is CCCC1CC1NCc1ccc(S(N)(=O)=O)o1. The van der Waals surface area contributed by atoms with Crippen LogP contribution in [0.25, 0.3) is 0 Å². The molecule has 0 amide bonds. The van der Waals surface area contributed by atoms with Gasteiger partial charge in [-0.1, -0.05) is 13.3 Å². The van der Waals surface area contributed by atoms with Crippen LogP contribution in [0, 0.1) is 5.92 Å². The summed E-state index contributed by atoms with van der Waals surface area (Å²) in [5.74, 6) is 1.38. The fraction of sp³-hybridized carbons (Fsp3) is 0.636. The molecule has 0 radical (unpaired) electrons. The normalized spacial score (nSPS) is 23.9. The lowest BCUT2D eigenvalue weighted by Crippen LogP contribution is -2.17. The molecule has 6 heteroatoms. The monoisotopic (exact) mass is 258 g/mol. The quantitative estimate of drug-likeness (QED) is 0.803. The van der Waals surface area contributed by atoms with Gasteiger partial charge in [0.05, 0.1) is 6.54 Å². The third kappa shape index (κ3) is 3.31. The fourth-order valence-electron chi connectivity index (χ4n) is 2.03. The van der Waals surface area contributed by atoms with Gasteiger partial charge >= 0.3 is 0 Å². The molecule has 1 aliphatic carbocycles. The van der Waals surface area contributed by atoms with E-state index in [0.717, 1.165) is 5.92 Å². The Kier molecular flexibility index (Phi) is 3.56. The molecule has 2 rings (SSSR count). The zero-order valence-electron chi connectivity index (χ0n) is 9.85. The lowest BCUT2D eigenvalue weighted by Gasteiger charge is -2.00. The average Bonchev–Trinajstić information content (AvgIpc) is 2.78. The highest BCUT2D eigenvalue weighted by Gasteiger charge is 2.35. The number of nitrogens with two attached hydrogens (primary N) is 1. The first kappa shape index (κ1) is 12.6. The summed E-state index contributed by atoms with van der Waals surface area (Å²) in [6.45, 7) is 2.74. The van der Waals surface area contributed by atoms with Crippen molar-refractivity contribution >= 4 is 10.0 Å². The molecule has 96 valence electrons. The van der Waals surface area contributed by atoms with E-state index in [1.165, 1.54) is 25.3 Å². The molecule has 1 aliphatic rings. The van der Waals surface area contributed by atoms with Crippen molar-refractivity contribution in [1.82, 2.24) is 5.32 Å². The van der Waals surface area contributed by atoms with Crippen LogP contribution in [0.3, 0.4) is 0 Å². The molecule has 0 saturated heterocycles. The van der Waals surface area contributed by atoms with E-state index in [-0.39, 0.29) is 5.09 Å². The maximum Gasteiger partial charge on any atom is 0.271 e. The molecule has 1 aromatic heterocycles. The minimum atomic E-state index is -3.72. The van der Waals surface area contributed by atoms with Gasteiger partial charge in [-0.3, -0.25) is 0 Å². The van der Waals surface area contributed by atoms with Crippen LogP contribution >= 0.6 is 0 Å². The largest absolute Gasteiger partial charge is 0.447 e. The number of hydrogen-bond acceptors (Lipinski definition) is 4. The summed E-state index contributed by atoms with van der Waals surface area (Å²) < 4.78 is 27.1. The maximum absolute atomic E-state index is 11.0. The Hall–Kier alpha value is -0.850. The second-order valence-electron chi connectivity index (χ2n) is 4.54. The highest BCUT2D eigenvalue weighted by atomic mass is 32.2.